The van der Waals surface area contributed by atoms with Crippen molar-refractivity contribution in [2.24, 2.45) is 0 Å². The van der Waals surface area contributed by atoms with Crippen LogP contribution in [0.15, 0.2) is 36.4 Å². The minimum Gasteiger partial charge on any atom is -0.497 e. The Hall–Kier alpha value is -2.14. The minimum atomic E-state index is -0.799. The summed E-state index contributed by atoms with van der Waals surface area (Å²) >= 11 is 0. The smallest absolute Gasteiger partial charge is 0.130 e. The average molecular weight is 292 g/mol. The molecule has 1 N–H and O–H groups in total. The Morgan fingerprint density at radius 1 is 1.14 bits per heavy atom. The Balaban J connectivity index is 1.98. The van der Waals surface area contributed by atoms with E-state index >= 15 is 0 Å². The van der Waals surface area contributed by atoms with E-state index in [0.717, 1.165) is 18.2 Å². The summed E-state index contributed by atoms with van der Waals surface area (Å²) < 4.78 is 38.0. The number of ether oxygens (including phenoxy) is 2. The number of fused-ring (bicyclic) bond motifs is 1. The average Bonchev–Trinajstić information content (AvgIpc) is 2.49. The molecule has 2 aromatic rings. The molecule has 0 saturated carbocycles. The lowest BCUT2D eigenvalue weighted by molar-refractivity contribution is 0.0636. The van der Waals surface area contributed by atoms with Gasteiger partial charge >= 0.3 is 0 Å². The van der Waals surface area contributed by atoms with Gasteiger partial charge in [0.2, 0.25) is 0 Å². The largest absolute Gasteiger partial charge is 0.497 e. The maximum atomic E-state index is 13.8. The lowest BCUT2D eigenvalue weighted by Gasteiger charge is -2.30. The van der Waals surface area contributed by atoms with Gasteiger partial charge in [0, 0.05) is 23.6 Å². The number of rotatable bonds is 2. The molecule has 3 rings (SSSR count). The molecule has 21 heavy (non-hydrogen) atoms. The Bertz CT molecular complexity index is 673. The van der Waals surface area contributed by atoms with Gasteiger partial charge in [0.15, 0.2) is 0 Å². The van der Waals surface area contributed by atoms with E-state index in [2.05, 4.69) is 0 Å². The van der Waals surface area contributed by atoms with E-state index in [4.69, 9.17) is 9.47 Å². The molecule has 0 radical (unpaired) electrons. The third-order valence-electron chi connectivity index (χ3n) is 3.59. The number of benzene rings is 2. The number of aliphatic hydroxyl groups excluding tert-OH is 1. The second-order valence-electron chi connectivity index (χ2n) is 4.93. The van der Waals surface area contributed by atoms with Crippen LogP contribution in [0.25, 0.3) is 0 Å². The molecule has 5 heteroatoms. The molecular weight excluding hydrogens is 278 g/mol. The summed E-state index contributed by atoms with van der Waals surface area (Å²) in [5, 5.41) is 10.2. The molecule has 110 valence electrons. The number of methoxy groups -OCH3 is 1. The third-order valence-corrected chi connectivity index (χ3v) is 3.59. The predicted molar refractivity (Wildman–Crippen MR) is 72.3 cm³/mol. The highest BCUT2D eigenvalue weighted by Gasteiger charge is 2.30. The first-order valence-corrected chi connectivity index (χ1v) is 6.56. The van der Waals surface area contributed by atoms with E-state index in [9.17, 15) is 13.9 Å². The molecule has 0 fully saturated rings. The monoisotopic (exact) mass is 292 g/mol. The zero-order chi connectivity index (χ0) is 15.0. The van der Waals surface area contributed by atoms with Crippen molar-refractivity contribution >= 4 is 0 Å². The van der Waals surface area contributed by atoms with Gasteiger partial charge in [-0.2, -0.15) is 0 Å². The molecule has 0 spiro atoms. The van der Waals surface area contributed by atoms with Crippen LogP contribution in [0.3, 0.4) is 0 Å². The fraction of sp³-hybridized carbons (Fsp3) is 0.250. The Kier molecular flexibility index (Phi) is 3.51. The van der Waals surface area contributed by atoms with E-state index in [1.807, 2.05) is 0 Å². The van der Waals surface area contributed by atoms with E-state index in [-0.39, 0.29) is 12.0 Å². The first-order valence-electron chi connectivity index (χ1n) is 6.56. The number of hydrogen-bond acceptors (Lipinski definition) is 3. The van der Waals surface area contributed by atoms with Crippen LogP contribution in [0, 0.1) is 11.6 Å². The highest BCUT2D eigenvalue weighted by atomic mass is 19.1. The van der Waals surface area contributed by atoms with Gasteiger partial charge in [-0.05, 0) is 30.3 Å². The fourth-order valence-corrected chi connectivity index (χ4v) is 2.50. The Morgan fingerprint density at radius 3 is 2.71 bits per heavy atom. The van der Waals surface area contributed by atoms with Crippen molar-refractivity contribution in [3.8, 4) is 11.5 Å². The second-order valence-corrected chi connectivity index (χ2v) is 4.93. The minimum absolute atomic E-state index is 0.0996. The normalized spacial score (nSPS) is 20.6. The molecule has 1 aliphatic rings. The van der Waals surface area contributed by atoms with Crippen LogP contribution >= 0.6 is 0 Å². The number of aliphatic hydroxyl groups is 1. The van der Waals surface area contributed by atoms with Crippen LogP contribution < -0.4 is 9.47 Å². The molecule has 0 aromatic heterocycles. The Labute approximate surface area is 120 Å². The molecular formula is C16H14F2O3. The summed E-state index contributed by atoms with van der Waals surface area (Å²) in [4.78, 5) is 0. The van der Waals surface area contributed by atoms with Gasteiger partial charge in [-0.3, -0.25) is 0 Å². The quantitative estimate of drug-likeness (QED) is 0.920. The SMILES string of the molecule is COc1ccc2c(c1)OC(c1cc(F)ccc1F)C[C@H]2O. The summed E-state index contributed by atoms with van der Waals surface area (Å²) in [5.41, 5.74) is 0.714. The molecule has 2 aromatic carbocycles. The van der Waals surface area contributed by atoms with Gasteiger partial charge in [-0.1, -0.05) is 0 Å². The number of halogens is 2. The van der Waals surface area contributed by atoms with E-state index in [0.29, 0.717) is 17.1 Å². The standard InChI is InChI=1S/C16H14F2O3/c1-20-10-3-4-11-14(19)8-16(21-15(11)7-10)12-6-9(17)2-5-13(12)18/h2-7,14,16,19H,8H2,1H3/t14-,16?/m1/s1. The molecule has 0 aliphatic carbocycles. The van der Waals surface area contributed by atoms with E-state index in [1.54, 1.807) is 18.2 Å². The third kappa shape index (κ3) is 2.56. The van der Waals surface area contributed by atoms with E-state index in [1.165, 1.54) is 7.11 Å². The van der Waals surface area contributed by atoms with Crippen LogP contribution in [0.5, 0.6) is 11.5 Å². The second kappa shape index (κ2) is 5.33. The van der Waals surface area contributed by atoms with Gasteiger partial charge in [-0.25, -0.2) is 8.78 Å². The number of hydrogen-bond donors (Lipinski definition) is 1. The predicted octanol–water partition coefficient (Wildman–Crippen LogP) is 3.53. The fourth-order valence-electron chi connectivity index (χ4n) is 2.50. The summed E-state index contributed by atoms with van der Waals surface area (Å²) in [6.45, 7) is 0. The van der Waals surface area contributed by atoms with Gasteiger partial charge in [0.1, 0.15) is 29.2 Å². The van der Waals surface area contributed by atoms with Crippen molar-refractivity contribution in [2.75, 3.05) is 7.11 Å². The van der Waals surface area contributed by atoms with Crippen molar-refractivity contribution in [1.82, 2.24) is 0 Å². The molecule has 1 unspecified atom stereocenters. The van der Waals surface area contributed by atoms with Crippen LogP contribution in [-0.4, -0.2) is 12.2 Å². The zero-order valence-electron chi connectivity index (χ0n) is 11.3. The summed E-state index contributed by atoms with van der Waals surface area (Å²) in [5.74, 6) is -0.107. The lowest BCUT2D eigenvalue weighted by Crippen LogP contribution is -2.20. The van der Waals surface area contributed by atoms with Gasteiger partial charge in [0.05, 0.1) is 13.2 Å². The van der Waals surface area contributed by atoms with Crippen molar-refractivity contribution < 1.29 is 23.4 Å². The van der Waals surface area contributed by atoms with Crippen molar-refractivity contribution in [3.05, 3.63) is 59.2 Å². The highest BCUT2D eigenvalue weighted by molar-refractivity contribution is 5.44. The topological polar surface area (TPSA) is 38.7 Å². The maximum absolute atomic E-state index is 13.8. The van der Waals surface area contributed by atoms with Crippen LogP contribution in [0.1, 0.15) is 29.8 Å². The Morgan fingerprint density at radius 2 is 1.95 bits per heavy atom. The maximum Gasteiger partial charge on any atom is 0.130 e. The van der Waals surface area contributed by atoms with E-state index < -0.39 is 23.8 Å². The molecule has 0 amide bonds. The van der Waals surface area contributed by atoms with Crippen LogP contribution in [-0.2, 0) is 0 Å². The molecule has 0 bridgehead atoms. The molecule has 1 aliphatic heterocycles. The summed E-state index contributed by atoms with van der Waals surface area (Å²) in [6, 6.07) is 8.25. The van der Waals surface area contributed by atoms with Gasteiger partial charge in [-0.15, -0.1) is 0 Å². The molecule has 3 nitrogen and oxygen atoms in total. The zero-order valence-corrected chi connectivity index (χ0v) is 11.3. The lowest BCUT2D eigenvalue weighted by atomic mass is 9.94. The summed E-state index contributed by atoms with van der Waals surface area (Å²) in [6.07, 6.45) is -1.37. The molecule has 2 atom stereocenters. The van der Waals surface area contributed by atoms with Crippen LogP contribution in [0.2, 0.25) is 0 Å². The first-order chi connectivity index (χ1) is 10.1. The van der Waals surface area contributed by atoms with Gasteiger partial charge < -0.3 is 14.6 Å². The summed E-state index contributed by atoms with van der Waals surface area (Å²) in [7, 11) is 1.52. The first kappa shape index (κ1) is 13.8. The highest BCUT2D eigenvalue weighted by Crippen LogP contribution is 2.42. The molecule has 0 saturated heterocycles. The van der Waals surface area contributed by atoms with Crippen LogP contribution in [0.4, 0.5) is 8.78 Å². The van der Waals surface area contributed by atoms with Crippen molar-refractivity contribution in [1.29, 1.82) is 0 Å². The van der Waals surface area contributed by atoms with Gasteiger partial charge in [0.25, 0.3) is 0 Å². The van der Waals surface area contributed by atoms with Crippen molar-refractivity contribution in [3.63, 3.8) is 0 Å². The van der Waals surface area contributed by atoms with Crippen molar-refractivity contribution in [2.45, 2.75) is 18.6 Å². The molecule has 1 heterocycles.